The first kappa shape index (κ1) is 11.0. The van der Waals surface area contributed by atoms with Crippen molar-refractivity contribution in [2.75, 3.05) is 0 Å². The van der Waals surface area contributed by atoms with Crippen molar-refractivity contribution in [3.63, 3.8) is 0 Å². The van der Waals surface area contributed by atoms with Gasteiger partial charge in [-0.2, -0.15) is 0 Å². The Hall–Kier alpha value is -0.0400. The molecule has 13 heavy (non-hydrogen) atoms. The molecule has 0 saturated heterocycles. The largest absolute Gasteiger partial charge is 0.327 e. The molecule has 0 amide bonds. The Morgan fingerprint density at radius 3 is 2.69 bits per heavy atom. The Kier molecular flexibility index (Phi) is 4.79. The van der Waals surface area contributed by atoms with Crippen molar-refractivity contribution in [1.29, 1.82) is 0 Å². The van der Waals surface area contributed by atoms with Crippen molar-refractivity contribution in [1.82, 2.24) is 0 Å². The molecule has 0 heterocycles. The van der Waals surface area contributed by atoms with Gasteiger partial charge in [0.25, 0.3) is 0 Å². The molecule has 0 radical (unpaired) electrons. The lowest BCUT2D eigenvalue weighted by Gasteiger charge is -2.32. The summed E-state index contributed by atoms with van der Waals surface area (Å²) in [5.74, 6) is 1.81. The number of hydrogen-bond acceptors (Lipinski definition) is 1. The molecule has 2 unspecified atom stereocenters. The SMILES string of the molecule is CCC[C@@H](N)C1CCCC(CC)C1. The van der Waals surface area contributed by atoms with Gasteiger partial charge in [0.1, 0.15) is 0 Å². The van der Waals surface area contributed by atoms with E-state index in [2.05, 4.69) is 13.8 Å². The van der Waals surface area contributed by atoms with Crippen LogP contribution in [0.5, 0.6) is 0 Å². The van der Waals surface area contributed by atoms with Gasteiger partial charge in [-0.15, -0.1) is 0 Å². The van der Waals surface area contributed by atoms with E-state index in [0.717, 1.165) is 11.8 Å². The van der Waals surface area contributed by atoms with E-state index in [1.54, 1.807) is 0 Å². The second kappa shape index (κ2) is 5.64. The standard InChI is InChI=1S/C12H25N/c1-3-6-12(13)11-8-5-7-10(4-2)9-11/h10-12H,3-9,13H2,1-2H3/t10?,11?,12-/m1/s1. The summed E-state index contributed by atoms with van der Waals surface area (Å²) >= 11 is 0. The predicted octanol–water partition coefficient (Wildman–Crippen LogP) is 3.33. The molecule has 1 heteroatoms. The van der Waals surface area contributed by atoms with Gasteiger partial charge in [0.2, 0.25) is 0 Å². The Balaban J connectivity index is 2.32. The summed E-state index contributed by atoms with van der Waals surface area (Å²) < 4.78 is 0. The third-order valence-electron chi connectivity index (χ3n) is 3.63. The Labute approximate surface area is 83.1 Å². The van der Waals surface area contributed by atoms with E-state index >= 15 is 0 Å². The third kappa shape index (κ3) is 3.30. The maximum Gasteiger partial charge on any atom is 0.00671 e. The highest BCUT2D eigenvalue weighted by Crippen LogP contribution is 2.33. The van der Waals surface area contributed by atoms with Crippen LogP contribution < -0.4 is 5.73 Å². The van der Waals surface area contributed by atoms with Gasteiger partial charge >= 0.3 is 0 Å². The average Bonchev–Trinajstić information content (AvgIpc) is 2.18. The number of hydrogen-bond donors (Lipinski definition) is 1. The van der Waals surface area contributed by atoms with Crippen LogP contribution >= 0.6 is 0 Å². The van der Waals surface area contributed by atoms with Crippen molar-refractivity contribution in [2.45, 2.75) is 64.8 Å². The molecule has 1 nitrogen and oxygen atoms in total. The number of nitrogens with two attached hydrogens (primary N) is 1. The third-order valence-corrected chi connectivity index (χ3v) is 3.63. The second-order valence-corrected chi connectivity index (χ2v) is 4.65. The normalized spacial score (nSPS) is 31.6. The molecule has 1 aliphatic rings. The van der Waals surface area contributed by atoms with Crippen LogP contribution in [0.1, 0.15) is 58.8 Å². The molecule has 0 aromatic carbocycles. The van der Waals surface area contributed by atoms with Crippen LogP contribution in [0.3, 0.4) is 0 Å². The molecule has 78 valence electrons. The lowest BCUT2D eigenvalue weighted by atomic mass is 9.76. The highest BCUT2D eigenvalue weighted by molar-refractivity contribution is 4.79. The molecule has 1 fully saturated rings. The minimum atomic E-state index is 0.486. The Morgan fingerprint density at radius 2 is 2.08 bits per heavy atom. The zero-order valence-electron chi connectivity index (χ0n) is 9.26. The fraction of sp³-hybridized carbons (Fsp3) is 1.00. The quantitative estimate of drug-likeness (QED) is 0.711. The molecule has 0 aromatic rings. The van der Waals surface area contributed by atoms with E-state index < -0.39 is 0 Å². The van der Waals surface area contributed by atoms with Crippen LogP contribution in [0, 0.1) is 11.8 Å². The summed E-state index contributed by atoms with van der Waals surface area (Å²) in [6.45, 7) is 4.55. The summed E-state index contributed by atoms with van der Waals surface area (Å²) in [5.41, 5.74) is 6.18. The molecule has 1 rings (SSSR count). The predicted molar refractivity (Wildman–Crippen MR) is 58.6 cm³/mol. The smallest absolute Gasteiger partial charge is 0.00671 e. The summed E-state index contributed by atoms with van der Waals surface area (Å²) in [4.78, 5) is 0. The van der Waals surface area contributed by atoms with Crippen LogP contribution in [0.2, 0.25) is 0 Å². The molecule has 2 N–H and O–H groups in total. The Bertz CT molecular complexity index is 133. The minimum absolute atomic E-state index is 0.486. The fourth-order valence-corrected chi connectivity index (χ4v) is 2.66. The van der Waals surface area contributed by atoms with E-state index in [1.807, 2.05) is 0 Å². The first-order valence-corrected chi connectivity index (χ1v) is 6.03. The van der Waals surface area contributed by atoms with Crippen LogP contribution in [-0.4, -0.2) is 6.04 Å². The molecule has 1 saturated carbocycles. The van der Waals surface area contributed by atoms with Gasteiger partial charge in [0.15, 0.2) is 0 Å². The maximum absolute atomic E-state index is 6.18. The van der Waals surface area contributed by atoms with Crippen molar-refractivity contribution in [3.05, 3.63) is 0 Å². The molecule has 1 aliphatic carbocycles. The number of rotatable bonds is 4. The van der Waals surface area contributed by atoms with E-state index in [1.165, 1.54) is 44.9 Å². The van der Waals surface area contributed by atoms with Gasteiger partial charge in [-0.25, -0.2) is 0 Å². The van der Waals surface area contributed by atoms with Crippen LogP contribution in [0.15, 0.2) is 0 Å². The summed E-state index contributed by atoms with van der Waals surface area (Å²) in [7, 11) is 0. The van der Waals surface area contributed by atoms with Crippen molar-refractivity contribution in [2.24, 2.45) is 17.6 Å². The highest BCUT2D eigenvalue weighted by atomic mass is 14.6. The molecule has 0 spiro atoms. The van der Waals surface area contributed by atoms with Gasteiger partial charge in [-0.3, -0.25) is 0 Å². The lowest BCUT2D eigenvalue weighted by molar-refractivity contribution is 0.223. The van der Waals surface area contributed by atoms with Crippen LogP contribution in [-0.2, 0) is 0 Å². The monoisotopic (exact) mass is 183 g/mol. The van der Waals surface area contributed by atoms with Gasteiger partial charge < -0.3 is 5.73 Å². The van der Waals surface area contributed by atoms with Crippen molar-refractivity contribution in [3.8, 4) is 0 Å². The molecule has 0 bridgehead atoms. The molecular formula is C12H25N. The first-order valence-electron chi connectivity index (χ1n) is 6.03. The van der Waals surface area contributed by atoms with E-state index in [-0.39, 0.29) is 0 Å². The van der Waals surface area contributed by atoms with E-state index in [4.69, 9.17) is 5.73 Å². The lowest BCUT2D eigenvalue weighted by Crippen LogP contribution is -2.33. The minimum Gasteiger partial charge on any atom is -0.327 e. The topological polar surface area (TPSA) is 26.0 Å². The van der Waals surface area contributed by atoms with Gasteiger partial charge in [-0.1, -0.05) is 39.5 Å². The summed E-state index contributed by atoms with van der Waals surface area (Å²) in [5, 5.41) is 0. The molecule has 3 atom stereocenters. The zero-order valence-corrected chi connectivity index (χ0v) is 9.26. The van der Waals surface area contributed by atoms with Crippen molar-refractivity contribution < 1.29 is 0 Å². The molecule has 0 aliphatic heterocycles. The van der Waals surface area contributed by atoms with Gasteiger partial charge in [0.05, 0.1) is 0 Å². The molecular weight excluding hydrogens is 158 g/mol. The van der Waals surface area contributed by atoms with Crippen molar-refractivity contribution >= 4 is 0 Å². The van der Waals surface area contributed by atoms with Gasteiger partial charge in [0, 0.05) is 6.04 Å². The van der Waals surface area contributed by atoms with Crippen LogP contribution in [0.4, 0.5) is 0 Å². The fourth-order valence-electron chi connectivity index (χ4n) is 2.66. The highest BCUT2D eigenvalue weighted by Gasteiger charge is 2.24. The summed E-state index contributed by atoms with van der Waals surface area (Å²) in [6.07, 6.45) is 9.48. The van der Waals surface area contributed by atoms with E-state index in [0.29, 0.717) is 6.04 Å². The van der Waals surface area contributed by atoms with Gasteiger partial charge in [-0.05, 0) is 31.1 Å². The van der Waals surface area contributed by atoms with Crippen LogP contribution in [0.25, 0.3) is 0 Å². The van der Waals surface area contributed by atoms with E-state index in [9.17, 15) is 0 Å². The summed E-state index contributed by atoms with van der Waals surface area (Å²) in [6, 6.07) is 0.486. The second-order valence-electron chi connectivity index (χ2n) is 4.65. The average molecular weight is 183 g/mol. The zero-order chi connectivity index (χ0) is 9.68. The first-order chi connectivity index (χ1) is 6.27. The maximum atomic E-state index is 6.18. The molecule has 0 aromatic heterocycles. The Morgan fingerprint density at radius 1 is 1.31 bits per heavy atom.